The van der Waals surface area contributed by atoms with E-state index < -0.39 is 10.1 Å². The summed E-state index contributed by atoms with van der Waals surface area (Å²) in [5.41, 5.74) is 5.11. The minimum Gasteiger partial charge on any atom is -0.288 e. The molecule has 23 heavy (non-hydrogen) atoms. The number of aromatic nitrogens is 1. The molecule has 4 N–H and O–H groups in total. The van der Waals surface area contributed by atoms with Gasteiger partial charge in [-0.25, -0.2) is 15.9 Å². The van der Waals surface area contributed by atoms with E-state index in [2.05, 4.69) is 27.2 Å². The lowest BCUT2D eigenvalue weighted by Gasteiger charge is -1.99. The van der Waals surface area contributed by atoms with E-state index in [-0.39, 0.29) is 10.9 Å². The Labute approximate surface area is 137 Å². The Hall–Kier alpha value is -2.34. The largest absolute Gasteiger partial charge is 0.294 e. The number of aliphatic imine (C=N–C) groups is 1. The van der Waals surface area contributed by atoms with E-state index in [0.29, 0.717) is 5.13 Å². The number of thiazole rings is 1. The molecule has 0 bridgehead atoms. The van der Waals surface area contributed by atoms with E-state index in [1.54, 1.807) is 23.7 Å². The lowest BCUT2D eigenvalue weighted by atomic mass is 10.2. The van der Waals surface area contributed by atoms with Crippen molar-refractivity contribution in [1.29, 1.82) is 0 Å². The molecule has 0 saturated carbocycles. The molecule has 0 fully saturated rings. The molecule has 0 aliphatic rings. The molecule has 0 aliphatic carbocycles. The minimum absolute atomic E-state index is 0.0666. The van der Waals surface area contributed by atoms with Crippen LogP contribution in [0.4, 0.5) is 5.13 Å². The highest BCUT2D eigenvalue weighted by Crippen LogP contribution is 2.13. The van der Waals surface area contributed by atoms with Gasteiger partial charge in [-0.1, -0.05) is 17.7 Å². The molecule has 0 spiro atoms. The number of rotatable bonds is 3. The summed E-state index contributed by atoms with van der Waals surface area (Å²) in [4.78, 5) is 7.64. The number of hydrogen-bond acceptors (Lipinski definition) is 7. The molecule has 1 aromatic carbocycles. The van der Waals surface area contributed by atoms with Crippen LogP contribution in [0.3, 0.4) is 0 Å². The predicted octanol–water partition coefficient (Wildman–Crippen LogP) is 1.56. The summed E-state index contributed by atoms with van der Waals surface area (Å²) in [5, 5.41) is 14.1. The maximum absolute atomic E-state index is 10.5. The third-order valence-corrected chi connectivity index (χ3v) is 3.77. The summed E-state index contributed by atoms with van der Waals surface area (Å²) in [6.45, 7) is 5.01. The average molecular weight is 357 g/mol. The van der Waals surface area contributed by atoms with Gasteiger partial charge in [0.25, 0.3) is 10.1 Å². The van der Waals surface area contributed by atoms with Gasteiger partial charge in [-0.05, 0) is 19.1 Å². The second-order valence-electron chi connectivity index (χ2n) is 3.94. The van der Waals surface area contributed by atoms with Crippen LogP contribution < -0.4 is 10.9 Å². The molecule has 2 rings (SSSR count). The highest BCUT2D eigenvalue weighted by atomic mass is 32.2. The van der Waals surface area contributed by atoms with Gasteiger partial charge in [0.1, 0.15) is 0 Å². The highest BCUT2D eigenvalue weighted by Gasteiger charge is 2.06. The molecule has 0 atom stereocenters. The summed E-state index contributed by atoms with van der Waals surface area (Å²) in [6, 6.07) is 5.99. The van der Waals surface area contributed by atoms with Crippen LogP contribution in [0, 0.1) is 6.92 Å². The van der Waals surface area contributed by atoms with Crippen molar-refractivity contribution in [2.24, 2.45) is 10.1 Å². The van der Waals surface area contributed by atoms with Crippen LogP contribution in [0.5, 0.6) is 0 Å². The first kappa shape index (κ1) is 18.7. The van der Waals surface area contributed by atoms with Crippen molar-refractivity contribution in [3.8, 4) is 0 Å². The molecule has 0 amide bonds. The van der Waals surface area contributed by atoms with E-state index in [9.17, 15) is 8.42 Å². The molecule has 9 nitrogen and oxygen atoms in total. The first-order chi connectivity index (χ1) is 10.9. The van der Waals surface area contributed by atoms with Crippen LogP contribution in [-0.2, 0) is 10.1 Å². The van der Waals surface area contributed by atoms with E-state index >= 15 is 0 Å². The van der Waals surface area contributed by atoms with Crippen molar-refractivity contribution >= 4 is 39.3 Å². The first-order valence-electron chi connectivity index (χ1n) is 6.01. The van der Waals surface area contributed by atoms with Crippen LogP contribution in [0.2, 0.25) is 0 Å². The van der Waals surface area contributed by atoms with Crippen molar-refractivity contribution in [3.05, 3.63) is 41.4 Å². The standard InChI is InChI=1S/C7H8O3S.C5H7N5OS/c1-6-2-4-7(5-3-6)11(8,9)10;1-6-9-4(10-11)8-5-7-2-3-12-5/h2-5H,1H3,(H,8,9,10);2-3,11H,1H2,(H2,7,8,9,10). The second-order valence-corrected chi connectivity index (χ2v) is 6.24. The van der Waals surface area contributed by atoms with Crippen molar-refractivity contribution in [2.45, 2.75) is 11.8 Å². The molecule has 1 heterocycles. The van der Waals surface area contributed by atoms with Gasteiger partial charge in [-0.15, -0.1) is 11.3 Å². The Morgan fingerprint density at radius 1 is 1.35 bits per heavy atom. The zero-order chi connectivity index (χ0) is 17.3. The number of benzene rings is 1. The fourth-order valence-electron chi connectivity index (χ4n) is 1.23. The van der Waals surface area contributed by atoms with Crippen molar-refractivity contribution in [2.75, 3.05) is 0 Å². The minimum atomic E-state index is -4.02. The fraction of sp³-hybridized carbons (Fsp3) is 0.0833. The molecule has 124 valence electrons. The Bertz CT molecular complexity index is 742. The second kappa shape index (κ2) is 8.95. The van der Waals surface area contributed by atoms with Gasteiger partial charge in [-0.2, -0.15) is 18.5 Å². The zero-order valence-electron chi connectivity index (χ0n) is 12.0. The SMILES string of the molecule is C=NNC(=Nc1nccs1)NO.Cc1ccc(S(=O)(=O)O)cc1. The quantitative estimate of drug-likeness (QED) is 0.283. The van der Waals surface area contributed by atoms with Crippen LogP contribution in [-0.4, -0.2) is 35.8 Å². The van der Waals surface area contributed by atoms with Gasteiger partial charge < -0.3 is 0 Å². The molecule has 11 heteroatoms. The molecular formula is C12H15N5O4S2. The van der Waals surface area contributed by atoms with E-state index in [1.165, 1.54) is 23.5 Å². The van der Waals surface area contributed by atoms with Crippen molar-refractivity contribution in [3.63, 3.8) is 0 Å². The molecular weight excluding hydrogens is 342 g/mol. The number of guanidine groups is 1. The zero-order valence-corrected chi connectivity index (χ0v) is 13.7. The Kier molecular flexibility index (Phi) is 7.28. The highest BCUT2D eigenvalue weighted by molar-refractivity contribution is 7.85. The number of hydroxylamine groups is 1. The topological polar surface area (TPSA) is 136 Å². The number of hydrogen-bond donors (Lipinski definition) is 4. The van der Waals surface area contributed by atoms with Gasteiger partial charge in [-0.3, -0.25) is 9.76 Å². The number of nitrogens with zero attached hydrogens (tertiary/aromatic N) is 3. The summed E-state index contributed by atoms with van der Waals surface area (Å²) >= 11 is 1.34. The van der Waals surface area contributed by atoms with Crippen LogP contribution in [0.1, 0.15) is 5.56 Å². The Morgan fingerprint density at radius 2 is 2.00 bits per heavy atom. The molecule has 0 unspecified atom stereocenters. The van der Waals surface area contributed by atoms with Gasteiger partial charge in [0.2, 0.25) is 11.1 Å². The molecule has 0 aliphatic heterocycles. The first-order valence-corrected chi connectivity index (χ1v) is 8.33. The smallest absolute Gasteiger partial charge is 0.288 e. The summed E-state index contributed by atoms with van der Waals surface area (Å²) < 4.78 is 29.6. The van der Waals surface area contributed by atoms with Crippen molar-refractivity contribution < 1.29 is 18.2 Å². The summed E-state index contributed by atoms with van der Waals surface area (Å²) in [7, 11) is -4.02. The number of nitrogens with one attached hydrogen (secondary N) is 2. The maximum Gasteiger partial charge on any atom is 0.294 e. The Balaban J connectivity index is 0.000000231. The molecule has 0 saturated heterocycles. The van der Waals surface area contributed by atoms with Gasteiger partial charge in [0.15, 0.2) is 0 Å². The monoisotopic (exact) mass is 357 g/mol. The average Bonchev–Trinajstić information content (AvgIpc) is 3.00. The molecule has 1 aromatic heterocycles. The lowest BCUT2D eigenvalue weighted by molar-refractivity contribution is 0.230. The van der Waals surface area contributed by atoms with Crippen molar-refractivity contribution in [1.82, 2.24) is 15.9 Å². The number of hydrazone groups is 1. The van der Waals surface area contributed by atoms with E-state index in [0.717, 1.165) is 5.56 Å². The van der Waals surface area contributed by atoms with Gasteiger partial charge in [0.05, 0.1) is 4.90 Å². The van der Waals surface area contributed by atoms with Crippen LogP contribution in [0.25, 0.3) is 0 Å². The fourth-order valence-corrected chi connectivity index (χ4v) is 2.22. The van der Waals surface area contributed by atoms with Gasteiger partial charge >= 0.3 is 0 Å². The van der Waals surface area contributed by atoms with E-state index in [4.69, 9.17) is 9.76 Å². The van der Waals surface area contributed by atoms with Crippen LogP contribution >= 0.6 is 11.3 Å². The van der Waals surface area contributed by atoms with E-state index in [1.807, 2.05) is 12.4 Å². The third kappa shape index (κ3) is 6.97. The molecule has 2 aromatic rings. The molecule has 0 radical (unpaired) electrons. The summed E-state index contributed by atoms with van der Waals surface area (Å²) in [5.74, 6) is 0.0833. The Morgan fingerprint density at radius 3 is 2.43 bits per heavy atom. The summed E-state index contributed by atoms with van der Waals surface area (Å²) in [6.07, 6.45) is 1.61. The number of aryl methyl sites for hydroxylation is 1. The van der Waals surface area contributed by atoms with Gasteiger partial charge in [0, 0.05) is 18.3 Å². The maximum atomic E-state index is 10.5. The van der Waals surface area contributed by atoms with Crippen LogP contribution in [0.15, 0.2) is 50.8 Å². The predicted molar refractivity (Wildman–Crippen MR) is 87.8 cm³/mol. The third-order valence-electron chi connectivity index (χ3n) is 2.24. The normalized spacial score (nSPS) is 11.2. The lowest BCUT2D eigenvalue weighted by Crippen LogP contribution is -2.30.